The van der Waals surface area contributed by atoms with E-state index >= 15 is 0 Å². The zero-order valence-electron chi connectivity index (χ0n) is 11.7. The van der Waals surface area contributed by atoms with E-state index in [2.05, 4.69) is 14.7 Å². The fourth-order valence-electron chi connectivity index (χ4n) is 1.70. The number of anilines is 1. The number of carbonyl (C=O) groups excluding carboxylic acids is 1. The van der Waals surface area contributed by atoms with Crippen molar-refractivity contribution in [2.24, 2.45) is 0 Å². The van der Waals surface area contributed by atoms with Crippen molar-refractivity contribution in [3.8, 4) is 11.4 Å². The lowest BCUT2D eigenvalue weighted by Gasteiger charge is -2.18. The fourth-order valence-corrected chi connectivity index (χ4v) is 1.70. The van der Waals surface area contributed by atoms with E-state index in [0.29, 0.717) is 11.3 Å². The van der Waals surface area contributed by atoms with Gasteiger partial charge in [0, 0.05) is 12.0 Å². The minimum Gasteiger partial charge on any atom is -0.329 e. The first kappa shape index (κ1) is 16.0. The molecule has 0 spiro atoms. The Morgan fingerprint density at radius 2 is 1.95 bits per heavy atom. The van der Waals surface area contributed by atoms with E-state index in [9.17, 15) is 18.0 Å². The molecule has 0 aliphatic heterocycles. The predicted octanol–water partition coefficient (Wildman–Crippen LogP) is 3.06. The number of benzene rings is 1. The van der Waals surface area contributed by atoms with Crippen LogP contribution in [0.15, 0.2) is 28.8 Å². The number of rotatable bonds is 4. The molecular weight excluding hydrogens is 303 g/mol. The Morgan fingerprint density at radius 3 is 2.41 bits per heavy atom. The number of amides is 1. The quantitative estimate of drug-likeness (QED) is 0.811. The van der Waals surface area contributed by atoms with Gasteiger partial charge in [-0.2, -0.15) is 23.2 Å². The van der Waals surface area contributed by atoms with Crippen molar-refractivity contribution in [3.63, 3.8) is 0 Å². The lowest BCUT2D eigenvalue weighted by molar-refractivity contribution is -0.159. The van der Waals surface area contributed by atoms with E-state index in [1.807, 2.05) is 0 Å². The first-order valence-corrected chi connectivity index (χ1v) is 6.25. The van der Waals surface area contributed by atoms with Crippen LogP contribution < -0.4 is 5.06 Å². The van der Waals surface area contributed by atoms with Crippen molar-refractivity contribution in [3.05, 3.63) is 30.2 Å². The van der Waals surface area contributed by atoms with Crippen molar-refractivity contribution in [2.45, 2.75) is 19.5 Å². The van der Waals surface area contributed by atoms with Crippen molar-refractivity contribution < 1.29 is 27.3 Å². The Balaban J connectivity index is 2.25. The van der Waals surface area contributed by atoms with Crippen LogP contribution in [0.4, 0.5) is 18.9 Å². The molecule has 0 bridgehead atoms. The standard InChI is InChI=1S/C13H12F3N3O3/c1-3-10(20)19(21-2)9-6-4-8(5-7-9)11-17-12(22-18-11)13(14,15)16/h4-7H,3H2,1-2H3. The zero-order chi connectivity index (χ0) is 16.3. The van der Waals surface area contributed by atoms with Crippen LogP contribution in [0.1, 0.15) is 19.2 Å². The third-order valence-electron chi connectivity index (χ3n) is 2.74. The molecule has 118 valence electrons. The molecule has 0 aliphatic rings. The summed E-state index contributed by atoms with van der Waals surface area (Å²) in [5.41, 5.74) is 0.764. The molecule has 9 heteroatoms. The summed E-state index contributed by atoms with van der Waals surface area (Å²) >= 11 is 0. The van der Waals surface area contributed by atoms with Gasteiger partial charge in [-0.15, -0.1) is 0 Å². The van der Waals surface area contributed by atoms with E-state index in [1.54, 1.807) is 6.92 Å². The molecule has 0 fully saturated rings. The summed E-state index contributed by atoms with van der Waals surface area (Å²) in [6, 6.07) is 5.95. The molecule has 6 nitrogen and oxygen atoms in total. The van der Waals surface area contributed by atoms with Crippen molar-refractivity contribution in [1.82, 2.24) is 10.1 Å². The van der Waals surface area contributed by atoms with E-state index in [4.69, 9.17) is 4.84 Å². The topological polar surface area (TPSA) is 68.5 Å². The summed E-state index contributed by atoms with van der Waals surface area (Å²) in [5, 5.41) is 4.37. The van der Waals surface area contributed by atoms with Crippen LogP contribution in [0.25, 0.3) is 11.4 Å². The van der Waals surface area contributed by atoms with Gasteiger partial charge in [0.15, 0.2) is 0 Å². The predicted molar refractivity (Wildman–Crippen MR) is 69.5 cm³/mol. The Labute approximate surface area is 123 Å². The van der Waals surface area contributed by atoms with Gasteiger partial charge in [0.25, 0.3) is 5.91 Å². The number of nitrogens with zero attached hydrogens (tertiary/aromatic N) is 3. The molecule has 0 aliphatic carbocycles. The highest BCUT2D eigenvalue weighted by molar-refractivity contribution is 5.91. The smallest absolute Gasteiger partial charge is 0.329 e. The minimum absolute atomic E-state index is 0.190. The fraction of sp³-hybridized carbons (Fsp3) is 0.308. The molecule has 1 heterocycles. The van der Waals surface area contributed by atoms with Crippen molar-refractivity contribution in [2.75, 3.05) is 12.2 Å². The van der Waals surface area contributed by atoms with Crippen molar-refractivity contribution in [1.29, 1.82) is 0 Å². The average molecular weight is 315 g/mol. The van der Waals surface area contributed by atoms with Crippen LogP contribution in [0.5, 0.6) is 0 Å². The Kier molecular flexibility index (Phi) is 4.45. The van der Waals surface area contributed by atoms with Crippen molar-refractivity contribution >= 4 is 11.6 Å². The van der Waals surface area contributed by atoms with Gasteiger partial charge in [0.05, 0.1) is 12.8 Å². The van der Waals surface area contributed by atoms with E-state index in [1.165, 1.54) is 31.4 Å². The molecule has 1 aromatic heterocycles. The summed E-state index contributed by atoms with van der Waals surface area (Å²) in [4.78, 5) is 19.9. The number of aromatic nitrogens is 2. The molecule has 2 rings (SSSR count). The van der Waals surface area contributed by atoms with Gasteiger partial charge in [-0.1, -0.05) is 12.1 Å². The Hall–Kier alpha value is -2.42. The second kappa shape index (κ2) is 6.14. The number of hydroxylamine groups is 1. The van der Waals surface area contributed by atoms with Gasteiger partial charge in [0.1, 0.15) is 0 Å². The molecule has 0 saturated carbocycles. The van der Waals surface area contributed by atoms with Gasteiger partial charge < -0.3 is 4.52 Å². The third-order valence-corrected chi connectivity index (χ3v) is 2.74. The monoisotopic (exact) mass is 315 g/mol. The average Bonchev–Trinajstić information content (AvgIpc) is 2.98. The first-order chi connectivity index (χ1) is 10.4. The van der Waals surface area contributed by atoms with Gasteiger partial charge in [-0.3, -0.25) is 9.63 Å². The number of hydrogen-bond acceptors (Lipinski definition) is 5. The van der Waals surface area contributed by atoms with Gasteiger partial charge >= 0.3 is 12.1 Å². The normalized spacial score (nSPS) is 11.5. The molecule has 0 radical (unpaired) electrons. The SMILES string of the molecule is CCC(=O)N(OC)c1ccc(-c2noc(C(F)(F)F)n2)cc1. The molecule has 22 heavy (non-hydrogen) atoms. The van der Waals surface area contributed by atoms with Gasteiger partial charge in [0.2, 0.25) is 5.82 Å². The summed E-state index contributed by atoms with van der Waals surface area (Å²) in [6.07, 6.45) is -4.44. The Morgan fingerprint density at radius 1 is 1.32 bits per heavy atom. The summed E-state index contributed by atoms with van der Waals surface area (Å²) in [7, 11) is 1.34. The van der Waals surface area contributed by atoms with E-state index in [-0.39, 0.29) is 18.2 Å². The highest BCUT2D eigenvalue weighted by Crippen LogP contribution is 2.29. The zero-order valence-corrected chi connectivity index (χ0v) is 11.7. The highest BCUT2D eigenvalue weighted by Gasteiger charge is 2.38. The summed E-state index contributed by atoms with van der Waals surface area (Å²) in [5.74, 6) is -1.86. The number of alkyl halides is 3. The Bertz CT molecular complexity index is 653. The highest BCUT2D eigenvalue weighted by atomic mass is 19.4. The molecule has 0 saturated heterocycles. The third kappa shape index (κ3) is 3.25. The summed E-state index contributed by atoms with van der Waals surface area (Å²) in [6.45, 7) is 1.68. The molecule has 1 aromatic carbocycles. The molecule has 2 aromatic rings. The maximum Gasteiger partial charge on any atom is 0.471 e. The van der Waals surface area contributed by atoms with Crippen LogP contribution >= 0.6 is 0 Å². The molecule has 0 N–H and O–H groups in total. The van der Waals surface area contributed by atoms with E-state index < -0.39 is 12.1 Å². The number of carbonyl (C=O) groups is 1. The molecule has 1 amide bonds. The van der Waals surface area contributed by atoms with E-state index in [0.717, 1.165) is 5.06 Å². The van der Waals surface area contributed by atoms with Crippen LogP contribution in [0.2, 0.25) is 0 Å². The lowest BCUT2D eigenvalue weighted by atomic mass is 10.2. The first-order valence-electron chi connectivity index (χ1n) is 6.25. The number of halogens is 3. The minimum atomic E-state index is -4.69. The van der Waals surface area contributed by atoms with Crippen LogP contribution in [-0.2, 0) is 15.8 Å². The van der Waals surface area contributed by atoms with Gasteiger partial charge in [-0.25, -0.2) is 0 Å². The number of hydrogen-bond donors (Lipinski definition) is 0. The van der Waals surface area contributed by atoms with Crippen LogP contribution in [0.3, 0.4) is 0 Å². The second-order valence-electron chi connectivity index (χ2n) is 4.19. The molecule has 0 atom stereocenters. The lowest BCUT2D eigenvalue weighted by Crippen LogP contribution is -2.28. The van der Waals surface area contributed by atoms with Crippen LogP contribution in [-0.4, -0.2) is 23.2 Å². The molecule has 0 unspecified atom stereocenters. The van der Waals surface area contributed by atoms with Crippen LogP contribution in [0, 0.1) is 0 Å². The van der Waals surface area contributed by atoms with Gasteiger partial charge in [-0.05, 0) is 24.3 Å². The largest absolute Gasteiger partial charge is 0.471 e. The summed E-state index contributed by atoms with van der Waals surface area (Å²) < 4.78 is 41.4. The molecular formula is C13H12F3N3O3. The maximum absolute atomic E-state index is 12.4. The maximum atomic E-state index is 12.4. The second-order valence-corrected chi connectivity index (χ2v) is 4.19.